The molecular formula is C14H22ClN3O. The van der Waals surface area contributed by atoms with Gasteiger partial charge in [-0.05, 0) is 26.7 Å². The van der Waals surface area contributed by atoms with Crippen molar-refractivity contribution in [3.05, 3.63) is 12.3 Å². The minimum atomic E-state index is 0.114. The predicted octanol–water partition coefficient (Wildman–Crippen LogP) is 3.25. The lowest BCUT2D eigenvalue weighted by molar-refractivity contribution is 0.232. The zero-order valence-corrected chi connectivity index (χ0v) is 12.6. The number of hydrogen-bond donors (Lipinski definition) is 0. The standard InChI is InChI=1S/C14H22ClN3O/c1-10(2)19-13-8-9-16-14(17-13)18(3)12-7-5-4-6-11(12)15/h8-12H,4-7H2,1-3H3. The molecule has 2 atom stereocenters. The number of nitrogens with zero attached hydrogens (tertiary/aromatic N) is 3. The molecule has 0 N–H and O–H groups in total. The average Bonchev–Trinajstić information content (AvgIpc) is 2.38. The predicted molar refractivity (Wildman–Crippen MR) is 78.1 cm³/mol. The highest BCUT2D eigenvalue weighted by Crippen LogP contribution is 2.28. The zero-order chi connectivity index (χ0) is 13.8. The van der Waals surface area contributed by atoms with Crippen LogP contribution in [0.1, 0.15) is 39.5 Å². The quantitative estimate of drug-likeness (QED) is 0.795. The molecule has 0 amide bonds. The smallest absolute Gasteiger partial charge is 0.228 e. The summed E-state index contributed by atoms with van der Waals surface area (Å²) in [7, 11) is 2.01. The molecule has 1 aliphatic carbocycles. The SMILES string of the molecule is CC(C)Oc1ccnc(N(C)C2CCCCC2Cl)n1. The van der Waals surface area contributed by atoms with E-state index >= 15 is 0 Å². The normalized spacial score (nSPS) is 23.4. The van der Waals surface area contributed by atoms with Crippen LogP contribution in [0, 0.1) is 0 Å². The maximum atomic E-state index is 6.42. The second-order valence-electron chi connectivity index (χ2n) is 5.34. The summed E-state index contributed by atoms with van der Waals surface area (Å²) in [6.45, 7) is 3.98. The molecule has 1 aromatic heterocycles. The van der Waals surface area contributed by atoms with Crippen molar-refractivity contribution in [3.8, 4) is 5.88 Å². The Morgan fingerprint density at radius 3 is 2.79 bits per heavy atom. The zero-order valence-electron chi connectivity index (χ0n) is 11.8. The largest absolute Gasteiger partial charge is 0.475 e. The van der Waals surface area contributed by atoms with E-state index in [0.717, 1.165) is 12.8 Å². The van der Waals surface area contributed by atoms with Crippen molar-refractivity contribution >= 4 is 17.5 Å². The Bertz CT molecular complexity index is 413. The number of hydrogen-bond acceptors (Lipinski definition) is 4. The number of rotatable bonds is 4. The van der Waals surface area contributed by atoms with Crippen molar-refractivity contribution in [2.45, 2.75) is 57.1 Å². The number of aromatic nitrogens is 2. The molecule has 0 saturated heterocycles. The number of anilines is 1. The lowest BCUT2D eigenvalue weighted by Gasteiger charge is -2.34. The molecule has 1 heterocycles. The van der Waals surface area contributed by atoms with Crippen LogP contribution in [0.4, 0.5) is 5.95 Å². The number of ether oxygens (including phenoxy) is 1. The summed E-state index contributed by atoms with van der Waals surface area (Å²) < 4.78 is 5.61. The van der Waals surface area contributed by atoms with E-state index in [0.29, 0.717) is 17.9 Å². The third-order valence-corrected chi connectivity index (χ3v) is 3.94. The molecule has 4 nitrogen and oxygen atoms in total. The van der Waals surface area contributed by atoms with Crippen LogP contribution >= 0.6 is 11.6 Å². The van der Waals surface area contributed by atoms with Gasteiger partial charge in [0.15, 0.2) is 0 Å². The van der Waals surface area contributed by atoms with E-state index in [2.05, 4.69) is 14.9 Å². The topological polar surface area (TPSA) is 38.2 Å². The van der Waals surface area contributed by atoms with Gasteiger partial charge in [0, 0.05) is 25.4 Å². The van der Waals surface area contributed by atoms with Gasteiger partial charge in [-0.3, -0.25) is 0 Å². The van der Waals surface area contributed by atoms with E-state index in [9.17, 15) is 0 Å². The fourth-order valence-electron chi connectivity index (χ4n) is 2.46. The molecule has 0 bridgehead atoms. The molecule has 2 unspecified atom stereocenters. The van der Waals surface area contributed by atoms with Crippen LogP contribution in [0.3, 0.4) is 0 Å². The molecule has 1 aliphatic rings. The van der Waals surface area contributed by atoms with Gasteiger partial charge < -0.3 is 9.64 Å². The first-order valence-corrected chi connectivity index (χ1v) is 7.38. The van der Waals surface area contributed by atoms with Gasteiger partial charge in [0.05, 0.1) is 11.5 Å². The molecular weight excluding hydrogens is 262 g/mol. The molecule has 2 rings (SSSR count). The number of halogens is 1. The lowest BCUT2D eigenvalue weighted by Crippen LogP contribution is -2.41. The lowest BCUT2D eigenvalue weighted by atomic mass is 9.94. The van der Waals surface area contributed by atoms with E-state index in [-0.39, 0.29) is 11.5 Å². The summed E-state index contributed by atoms with van der Waals surface area (Å²) in [5, 5.41) is 0.178. The van der Waals surface area contributed by atoms with Crippen LogP contribution in [0.2, 0.25) is 0 Å². The summed E-state index contributed by atoms with van der Waals surface area (Å²) in [5.74, 6) is 1.31. The third kappa shape index (κ3) is 3.72. The van der Waals surface area contributed by atoms with Gasteiger partial charge in [-0.2, -0.15) is 4.98 Å². The molecule has 5 heteroatoms. The van der Waals surface area contributed by atoms with Gasteiger partial charge in [0.25, 0.3) is 0 Å². The van der Waals surface area contributed by atoms with Crippen molar-refractivity contribution in [2.75, 3.05) is 11.9 Å². The highest BCUT2D eigenvalue weighted by Gasteiger charge is 2.28. The average molecular weight is 284 g/mol. The Morgan fingerprint density at radius 1 is 1.37 bits per heavy atom. The third-order valence-electron chi connectivity index (χ3n) is 3.43. The van der Waals surface area contributed by atoms with Gasteiger partial charge in [-0.15, -0.1) is 11.6 Å². The first-order valence-electron chi connectivity index (χ1n) is 6.94. The monoisotopic (exact) mass is 283 g/mol. The summed E-state index contributed by atoms with van der Waals surface area (Å²) in [5.41, 5.74) is 0. The van der Waals surface area contributed by atoms with Crippen LogP contribution in [-0.4, -0.2) is 34.5 Å². The molecule has 1 aromatic rings. The second kappa shape index (κ2) is 6.42. The van der Waals surface area contributed by atoms with E-state index in [4.69, 9.17) is 16.3 Å². The molecule has 0 radical (unpaired) electrons. The molecule has 0 spiro atoms. The fraction of sp³-hybridized carbons (Fsp3) is 0.714. The highest BCUT2D eigenvalue weighted by atomic mass is 35.5. The van der Waals surface area contributed by atoms with Crippen LogP contribution in [-0.2, 0) is 0 Å². The molecule has 106 valence electrons. The molecule has 1 fully saturated rings. The Morgan fingerprint density at radius 2 is 2.11 bits per heavy atom. The fourth-order valence-corrected chi connectivity index (χ4v) is 2.91. The van der Waals surface area contributed by atoms with Crippen LogP contribution < -0.4 is 9.64 Å². The Kier molecular flexibility index (Phi) is 4.86. The van der Waals surface area contributed by atoms with Crippen LogP contribution in [0.5, 0.6) is 5.88 Å². The molecule has 19 heavy (non-hydrogen) atoms. The Hall–Kier alpha value is -1.03. The van der Waals surface area contributed by atoms with Crippen LogP contribution in [0.15, 0.2) is 12.3 Å². The minimum absolute atomic E-state index is 0.114. The molecule has 0 aromatic carbocycles. The van der Waals surface area contributed by atoms with Gasteiger partial charge in [0.2, 0.25) is 11.8 Å². The van der Waals surface area contributed by atoms with Crippen molar-refractivity contribution < 1.29 is 4.74 Å². The van der Waals surface area contributed by atoms with Gasteiger partial charge in [0.1, 0.15) is 0 Å². The maximum Gasteiger partial charge on any atom is 0.228 e. The Balaban J connectivity index is 2.11. The summed E-state index contributed by atoms with van der Waals surface area (Å²) in [6.07, 6.45) is 6.46. The van der Waals surface area contributed by atoms with Crippen molar-refractivity contribution in [2.24, 2.45) is 0 Å². The maximum absolute atomic E-state index is 6.42. The highest BCUT2D eigenvalue weighted by molar-refractivity contribution is 6.21. The van der Waals surface area contributed by atoms with Crippen molar-refractivity contribution in [1.82, 2.24) is 9.97 Å². The summed E-state index contributed by atoms with van der Waals surface area (Å²) >= 11 is 6.42. The minimum Gasteiger partial charge on any atom is -0.475 e. The van der Waals surface area contributed by atoms with E-state index in [1.165, 1.54) is 12.8 Å². The Labute approximate surface area is 120 Å². The van der Waals surface area contributed by atoms with Gasteiger partial charge in [-0.25, -0.2) is 4.98 Å². The van der Waals surface area contributed by atoms with Gasteiger partial charge >= 0.3 is 0 Å². The number of alkyl halides is 1. The first-order chi connectivity index (χ1) is 9.08. The van der Waals surface area contributed by atoms with E-state index in [1.807, 2.05) is 20.9 Å². The summed E-state index contributed by atoms with van der Waals surface area (Å²) in [6, 6.07) is 2.10. The van der Waals surface area contributed by atoms with E-state index in [1.54, 1.807) is 12.3 Å². The van der Waals surface area contributed by atoms with Crippen LogP contribution in [0.25, 0.3) is 0 Å². The van der Waals surface area contributed by atoms with Crippen molar-refractivity contribution in [3.63, 3.8) is 0 Å². The molecule has 0 aliphatic heterocycles. The first kappa shape index (κ1) is 14.4. The van der Waals surface area contributed by atoms with Crippen molar-refractivity contribution in [1.29, 1.82) is 0 Å². The molecule has 1 saturated carbocycles. The second-order valence-corrected chi connectivity index (χ2v) is 5.90. The van der Waals surface area contributed by atoms with E-state index < -0.39 is 0 Å². The summed E-state index contributed by atoms with van der Waals surface area (Å²) in [4.78, 5) is 10.9. The van der Waals surface area contributed by atoms with Gasteiger partial charge in [-0.1, -0.05) is 12.8 Å².